The molecule has 6 N–H and O–H groups in total. The van der Waals surface area contributed by atoms with Crippen molar-refractivity contribution in [2.75, 3.05) is 32.9 Å². The lowest BCUT2D eigenvalue weighted by atomic mass is 10.1. The van der Waals surface area contributed by atoms with Crippen LogP contribution in [0.2, 0.25) is 6.04 Å². The fraction of sp³-hybridized carbons (Fsp3) is 0.842. The first-order valence-corrected chi connectivity index (χ1v) is 12.2. The van der Waals surface area contributed by atoms with Gasteiger partial charge >= 0.3 is 14.8 Å². The van der Waals surface area contributed by atoms with Gasteiger partial charge in [-0.05, 0) is 59.5 Å². The highest BCUT2D eigenvalue weighted by atomic mass is 28.4. The second-order valence-electron chi connectivity index (χ2n) is 6.47. The third-order valence-electron chi connectivity index (χ3n) is 3.59. The molecule has 0 aromatic rings. The van der Waals surface area contributed by atoms with Gasteiger partial charge in [0.05, 0.1) is 6.61 Å². The molecule has 28 heavy (non-hydrogen) atoms. The summed E-state index contributed by atoms with van der Waals surface area (Å²) in [5, 5.41) is 0. The molecular weight excluding hydrogens is 378 g/mol. The SMILES string of the molecule is C=CC(=O)OCCCC.CCO[Si](CCCN)(OCC)OC(C)(N)CCCN. The Morgan fingerprint density at radius 3 is 2.07 bits per heavy atom. The predicted molar refractivity (Wildman–Crippen MR) is 116 cm³/mol. The Morgan fingerprint density at radius 1 is 1.07 bits per heavy atom. The molecule has 0 heterocycles. The maximum atomic E-state index is 10.3. The highest BCUT2D eigenvalue weighted by Gasteiger charge is 2.44. The van der Waals surface area contributed by atoms with Crippen LogP contribution in [0.3, 0.4) is 0 Å². The first-order valence-electron chi connectivity index (χ1n) is 10.2. The normalized spacial score (nSPS) is 13.2. The Hall–Kier alpha value is -0.813. The lowest BCUT2D eigenvalue weighted by molar-refractivity contribution is -0.137. The molecule has 0 aromatic carbocycles. The van der Waals surface area contributed by atoms with Gasteiger partial charge in [0.2, 0.25) is 0 Å². The fourth-order valence-corrected chi connectivity index (χ4v) is 5.21. The number of esters is 1. The topological polar surface area (TPSA) is 132 Å². The van der Waals surface area contributed by atoms with Crippen LogP contribution in [0.25, 0.3) is 0 Å². The Kier molecular flexibility index (Phi) is 19.1. The van der Waals surface area contributed by atoms with Crippen molar-refractivity contribution < 1.29 is 22.8 Å². The number of hydrogen-bond acceptors (Lipinski definition) is 8. The highest BCUT2D eigenvalue weighted by molar-refractivity contribution is 6.60. The summed E-state index contributed by atoms with van der Waals surface area (Å²) in [5.74, 6) is -0.330. The molecule has 0 saturated heterocycles. The smallest absolute Gasteiger partial charge is 0.463 e. The molecule has 0 aliphatic heterocycles. The van der Waals surface area contributed by atoms with Crippen LogP contribution in [0.1, 0.15) is 59.8 Å². The molecule has 0 bridgehead atoms. The lowest BCUT2D eigenvalue weighted by Crippen LogP contribution is -2.56. The van der Waals surface area contributed by atoms with Crippen molar-refractivity contribution in [2.45, 2.75) is 71.6 Å². The van der Waals surface area contributed by atoms with E-state index >= 15 is 0 Å². The Morgan fingerprint density at radius 2 is 1.64 bits per heavy atom. The molecule has 9 heteroatoms. The van der Waals surface area contributed by atoms with Gasteiger partial charge < -0.3 is 35.2 Å². The van der Waals surface area contributed by atoms with E-state index in [1.54, 1.807) is 0 Å². The number of rotatable bonds is 16. The summed E-state index contributed by atoms with van der Waals surface area (Å²) in [6.07, 6.45) is 5.45. The lowest BCUT2D eigenvalue weighted by Gasteiger charge is -2.37. The standard InChI is InChI=1S/C12H31N3O3Si.C7H12O2/c1-4-16-19(17-5-2,11-7-10-14)18-12(3,15)8-6-9-13;1-3-5-6-9-7(8)4-2/h4-11,13-15H2,1-3H3;4H,2-3,5-6H2,1H3. The van der Waals surface area contributed by atoms with E-state index in [-0.39, 0.29) is 5.97 Å². The van der Waals surface area contributed by atoms with Gasteiger partial charge in [-0.25, -0.2) is 4.79 Å². The zero-order valence-corrected chi connectivity index (χ0v) is 19.3. The second-order valence-corrected chi connectivity index (χ2v) is 9.12. The van der Waals surface area contributed by atoms with Gasteiger partial charge in [0.25, 0.3) is 0 Å². The predicted octanol–water partition coefficient (Wildman–Crippen LogP) is 2.29. The Labute approximate surface area is 172 Å². The van der Waals surface area contributed by atoms with E-state index in [0.717, 1.165) is 25.7 Å². The first-order chi connectivity index (χ1) is 13.3. The van der Waals surface area contributed by atoms with Gasteiger partial charge in [0.15, 0.2) is 0 Å². The summed E-state index contributed by atoms with van der Waals surface area (Å²) in [7, 11) is -2.75. The molecule has 0 aliphatic carbocycles. The molecule has 1 atom stereocenters. The van der Waals surface area contributed by atoms with E-state index in [1.807, 2.05) is 27.7 Å². The van der Waals surface area contributed by atoms with Crippen molar-refractivity contribution in [1.82, 2.24) is 0 Å². The van der Waals surface area contributed by atoms with Crippen LogP contribution in [-0.4, -0.2) is 53.4 Å². The molecule has 0 rings (SSSR count). The molecule has 0 spiro atoms. The van der Waals surface area contributed by atoms with E-state index in [4.69, 9.17) is 30.5 Å². The number of nitrogens with two attached hydrogens (primary N) is 3. The van der Waals surface area contributed by atoms with Gasteiger partial charge in [-0.3, -0.25) is 0 Å². The second kappa shape index (κ2) is 18.2. The fourth-order valence-electron chi connectivity index (χ4n) is 2.29. The van der Waals surface area contributed by atoms with Crippen LogP contribution < -0.4 is 17.2 Å². The minimum Gasteiger partial charge on any atom is -0.463 e. The Balaban J connectivity index is 0. The summed E-state index contributed by atoms with van der Waals surface area (Å²) < 4.78 is 22.4. The average molecular weight is 422 g/mol. The molecule has 168 valence electrons. The van der Waals surface area contributed by atoms with E-state index in [0.29, 0.717) is 45.4 Å². The maximum absolute atomic E-state index is 10.3. The molecule has 0 aliphatic rings. The summed E-state index contributed by atoms with van der Waals surface area (Å²) in [6, 6.07) is 0.695. The van der Waals surface area contributed by atoms with Crippen LogP contribution in [0.5, 0.6) is 0 Å². The zero-order valence-electron chi connectivity index (χ0n) is 18.3. The summed E-state index contributed by atoms with van der Waals surface area (Å²) in [5.41, 5.74) is 16.5. The first kappa shape index (κ1) is 29.4. The molecule has 0 fully saturated rings. The van der Waals surface area contributed by atoms with Gasteiger partial charge in [0, 0.05) is 25.3 Å². The van der Waals surface area contributed by atoms with Crippen molar-refractivity contribution in [3.63, 3.8) is 0 Å². The van der Waals surface area contributed by atoms with Crippen LogP contribution in [0.15, 0.2) is 12.7 Å². The van der Waals surface area contributed by atoms with Gasteiger partial charge in [-0.2, -0.15) is 0 Å². The molecule has 0 aromatic heterocycles. The highest BCUT2D eigenvalue weighted by Crippen LogP contribution is 2.24. The number of carbonyl (C=O) groups is 1. The van der Waals surface area contributed by atoms with Crippen molar-refractivity contribution >= 4 is 14.8 Å². The van der Waals surface area contributed by atoms with Gasteiger partial charge in [0.1, 0.15) is 5.72 Å². The zero-order chi connectivity index (χ0) is 21.9. The number of hydrogen-bond donors (Lipinski definition) is 3. The minimum atomic E-state index is -2.75. The summed E-state index contributed by atoms with van der Waals surface area (Å²) in [6.45, 7) is 13.8. The quantitative estimate of drug-likeness (QED) is 0.114. The van der Waals surface area contributed by atoms with Gasteiger partial charge in [-0.1, -0.05) is 19.9 Å². The maximum Gasteiger partial charge on any atom is 0.502 e. The number of ether oxygens (including phenoxy) is 1. The molecule has 0 radical (unpaired) electrons. The third kappa shape index (κ3) is 16.2. The monoisotopic (exact) mass is 421 g/mol. The molecule has 8 nitrogen and oxygen atoms in total. The molecular formula is C19H43N3O5Si. The van der Waals surface area contributed by atoms with Gasteiger partial charge in [-0.15, -0.1) is 0 Å². The van der Waals surface area contributed by atoms with Crippen molar-refractivity contribution in [1.29, 1.82) is 0 Å². The minimum absolute atomic E-state index is 0.330. The number of carbonyl (C=O) groups excluding carboxylic acids is 1. The van der Waals surface area contributed by atoms with Crippen LogP contribution >= 0.6 is 0 Å². The van der Waals surface area contributed by atoms with Crippen LogP contribution in [-0.2, 0) is 22.8 Å². The van der Waals surface area contributed by atoms with Crippen molar-refractivity contribution in [3.8, 4) is 0 Å². The summed E-state index contributed by atoms with van der Waals surface area (Å²) >= 11 is 0. The van der Waals surface area contributed by atoms with E-state index in [2.05, 4.69) is 11.3 Å². The van der Waals surface area contributed by atoms with Crippen LogP contribution in [0.4, 0.5) is 0 Å². The van der Waals surface area contributed by atoms with E-state index < -0.39 is 14.5 Å². The van der Waals surface area contributed by atoms with Crippen molar-refractivity contribution in [2.24, 2.45) is 17.2 Å². The molecule has 0 amide bonds. The van der Waals surface area contributed by atoms with E-state index in [9.17, 15) is 4.79 Å². The van der Waals surface area contributed by atoms with Crippen molar-refractivity contribution in [3.05, 3.63) is 12.7 Å². The molecule has 1 unspecified atom stereocenters. The average Bonchev–Trinajstić information content (AvgIpc) is 2.65. The largest absolute Gasteiger partial charge is 0.502 e. The Bertz CT molecular complexity index is 392. The van der Waals surface area contributed by atoms with E-state index in [1.165, 1.54) is 6.08 Å². The third-order valence-corrected chi connectivity index (χ3v) is 6.79. The number of unbranched alkanes of at least 4 members (excludes halogenated alkanes) is 1. The molecule has 0 saturated carbocycles. The van der Waals surface area contributed by atoms with Crippen LogP contribution in [0, 0.1) is 0 Å². The summed E-state index contributed by atoms with van der Waals surface area (Å²) in [4.78, 5) is 10.3.